The SMILES string of the molecule is CCCC/C=C/OCCC1CCC(c2ccc(C#N)cc2)CC1. The van der Waals surface area contributed by atoms with Crippen molar-refractivity contribution in [3.8, 4) is 6.07 Å². The molecule has 0 radical (unpaired) electrons. The molecule has 0 bridgehead atoms. The van der Waals surface area contributed by atoms with E-state index in [1.54, 1.807) is 0 Å². The largest absolute Gasteiger partial charge is 0.502 e. The number of allylic oxidation sites excluding steroid dienone is 1. The summed E-state index contributed by atoms with van der Waals surface area (Å²) in [5, 5.41) is 8.87. The van der Waals surface area contributed by atoms with Gasteiger partial charge in [-0.3, -0.25) is 0 Å². The second-order valence-corrected chi connectivity index (χ2v) is 6.62. The molecular weight excluding hydrogens is 282 g/mol. The van der Waals surface area contributed by atoms with Crippen molar-refractivity contribution in [1.29, 1.82) is 5.26 Å². The number of nitrogens with zero attached hydrogens (tertiary/aromatic N) is 1. The van der Waals surface area contributed by atoms with Crippen molar-refractivity contribution >= 4 is 0 Å². The summed E-state index contributed by atoms with van der Waals surface area (Å²) in [4.78, 5) is 0. The smallest absolute Gasteiger partial charge is 0.0991 e. The van der Waals surface area contributed by atoms with Crippen LogP contribution in [-0.4, -0.2) is 6.61 Å². The lowest BCUT2D eigenvalue weighted by Crippen LogP contribution is -2.14. The van der Waals surface area contributed by atoms with Crippen LogP contribution in [0.2, 0.25) is 0 Å². The van der Waals surface area contributed by atoms with Crippen LogP contribution in [0.5, 0.6) is 0 Å². The maximum absolute atomic E-state index is 8.87. The van der Waals surface area contributed by atoms with E-state index < -0.39 is 0 Å². The van der Waals surface area contributed by atoms with Crippen molar-refractivity contribution in [2.24, 2.45) is 5.92 Å². The van der Waals surface area contributed by atoms with E-state index in [9.17, 15) is 0 Å². The fraction of sp³-hybridized carbons (Fsp3) is 0.571. The van der Waals surface area contributed by atoms with Crippen LogP contribution in [0.4, 0.5) is 0 Å². The lowest BCUT2D eigenvalue weighted by Gasteiger charge is -2.28. The highest BCUT2D eigenvalue weighted by atomic mass is 16.5. The topological polar surface area (TPSA) is 33.0 Å². The Bertz CT molecular complexity index is 504. The number of rotatable bonds is 8. The van der Waals surface area contributed by atoms with Gasteiger partial charge in [-0.25, -0.2) is 0 Å². The lowest BCUT2D eigenvalue weighted by molar-refractivity contribution is 0.197. The summed E-state index contributed by atoms with van der Waals surface area (Å²) in [6.45, 7) is 3.07. The predicted molar refractivity (Wildman–Crippen MR) is 95.1 cm³/mol. The number of nitriles is 1. The average molecular weight is 311 g/mol. The van der Waals surface area contributed by atoms with Gasteiger partial charge in [0.2, 0.25) is 0 Å². The molecule has 124 valence electrons. The minimum absolute atomic E-state index is 0.675. The zero-order valence-electron chi connectivity index (χ0n) is 14.3. The van der Waals surface area contributed by atoms with Crippen LogP contribution >= 0.6 is 0 Å². The van der Waals surface area contributed by atoms with E-state index in [0.717, 1.165) is 24.5 Å². The van der Waals surface area contributed by atoms with E-state index in [1.807, 2.05) is 18.4 Å². The van der Waals surface area contributed by atoms with Crippen LogP contribution in [0.3, 0.4) is 0 Å². The third-order valence-corrected chi connectivity index (χ3v) is 4.92. The monoisotopic (exact) mass is 311 g/mol. The third kappa shape index (κ3) is 6.10. The Morgan fingerprint density at radius 3 is 2.57 bits per heavy atom. The standard InChI is InChI=1S/C21H29NO/c1-2-3-4-5-15-23-16-14-18-6-10-20(11-7-18)21-12-8-19(17-22)9-13-21/h5,8-9,12-13,15,18,20H,2-4,6-7,10-11,14,16H2,1H3/b15-5+. The minimum Gasteiger partial charge on any atom is -0.502 e. The number of unbranched alkanes of at least 4 members (excludes halogenated alkanes) is 2. The van der Waals surface area contributed by atoms with Gasteiger partial charge in [-0.15, -0.1) is 0 Å². The van der Waals surface area contributed by atoms with Gasteiger partial charge in [0, 0.05) is 0 Å². The molecule has 2 nitrogen and oxygen atoms in total. The number of hydrogen-bond acceptors (Lipinski definition) is 2. The molecule has 0 aliphatic heterocycles. The number of ether oxygens (including phenoxy) is 1. The Hall–Kier alpha value is -1.75. The van der Waals surface area contributed by atoms with E-state index >= 15 is 0 Å². The molecule has 0 amide bonds. The lowest BCUT2D eigenvalue weighted by atomic mass is 9.77. The van der Waals surface area contributed by atoms with Crippen molar-refractivity contribution in [3.63, 3.8) is 0 Å². The summed E-state index contributed by atoms with van der Waals surface area (Å²) >= 11 is 0. The molecule has 0 heterocycles. The van der Waals surface area contributed by atoms with Crippen molar-refractivity contribution in [1.82, 2.24) is 0 Å². The summed E-state index contributed by atoms with van der Waals surface area (Å²) in [6.07, 6.45) is 14.0. The van der Waals surface area contributed by atoms with Crippen molar-refractivity contribution in [2.75, 3.05) is 6.61 Å². The van der Waals surface area contributed by atoms with Gasteiger partial charge in [-0.05, 0) is 80.6 Å². The summed E-state index contributed by atoms with van der Waals surface area (Å²) in [7, 11) is 0. The van der Waals surface area contributed by atoms with E-state index in [0.29, 0.717) is 5.92 Å². The van der Waals surface area contributed by atoms with Crippen molar-refractivity contribution in [3.05, 3.63) is 47.7 Å². The van der Waals surface area contributed by atoms with Crippen LogP contribution in [-0.2, 0) is 4.74 Å². The van der Waals surface area contributed by atoms with Crippen LogP contribution in [0, 0.1) is 17.2 Å². The van der Waals surface area contributed by atoms with Gasteiger partial charge in [0.05, 0.1) is 24.5 Å². The molecule has 1 aromatic carbocycles. The normalized spacial score (nSPS) is 21.2. The molecule has 0 spiro atoms. The summed E-state index contributed by atoms with van der Waals surface area (Å²) < 4.78 is 5.61. The molecule has 2 heteroatoms. The maximum atomic E-state index is 8.87. The molecule has 0 saturated heterocycles. The van der Waals surface area contributed by atoms with Gasteiger partial charge in [0.15, 0.2) is 0 Å². The van der Waals surface area contributed by atoms with E-state index in [2.05, 4.69) is 31.2 Å². The van der Waals surface area contributed by atoms with E-state index in [4.69, 9.17) is 10.00 Å². The Morgan fingerprint density at radius 2 is 1.91 bits per heavy atom. The maximum Gasteiger partial charge on any atom is 0.0991 e. The summed E-state index contributed by atoms with van der Waals surface area (Å²) in [5.41, 5.74) is 2.16. The highest BCUT2D eigenvalue weighted by Crippen LogP contribution is 2.37. The molecule has 1 fully saturated rings. The Morgan fingerprint density at radius 1 is 1.17 bits per heavy atom. The van der Waals surface area contributed by atoms with E-state index in [-0.39, 0.29) is 0 Å². The first-order valence-electron chi connectivity index (χ1n) is 9.10. The van der Waals surface area contributed by atoms with Gasteiger partial charge in [0.1, 0.15) is 0 Å². The van der Waals surface area contributed by atoms with Crippen molar-refractivity contribution < 1.29 is 4.74 Å². The molecule has 23 heavy (non-hydrogen) atoms. The molecular formula is C21H29NO. The molecule has 0 atom stereocenters. The van der Waals surface area contributed by atoms with Crippen LogP contribution in [0.25, 0.3) is 0 Å². The first-order valence-corrected chi connectivity index (χ1v) is 9.10. The Kier molecular flexibility index (Phi) is 7.73. The molecule has 1 aliphatic carbocycles. The predicted octanol–water partition coefficient (Wildman–Crippen LogP) is 5.94. The van der Waals surface area contributed by atoms with Crippen molar-refractivity contribution in [2.45, 2.75) is 64.2 Å². The molecule has 1 aliphatic rings. The van der Waals surface area contributed by atoms with Crippen LogP contribution in [0.15, 0.2) is 36.6 Å². The Labute approximate surface area is 141 Å². The van der Waals surface area contributed by atoms with Gasteiger partial charge >= 0.3 is 0 Å². The zero-order valence-corrected chi connectivity index (χ0v) is 14.3. The highest BCUT2D eigenvalue weighted by molar-refractivity contribution is 5.33. The van der Waals surface area contributed by atoms with Gasteiger partial charge in [-0.1, -0.05) is 25.5 Å². The third-order valence-electron chi connectivity index (χ3n) is 4.92. The average Bonchev–Trinajstić information content (AvgIpc) is 2.61. The highest BCUT2D eigenvalue weighted by Gasteiger charge is 2.22. The fourth-order valence-electron chi connectivity index (χ4n) is 3.38. The molecule has 1 aromatic rings. The second kappa shape index (κ2) is 10.1. The molecule has 2 rings (SSSR count). The van der Waals surface area contributed by atoms with Gasteiger partial charge < -0.3 is 4.74 Å². The van der Waals surface area contributed by atoms with Gasteiger partial charge in [-0.2, -0.15) is 5.26 Å². The van der Waals surface area contributed by atoms with Crippen LogP contribution in [0.1, 0.15) is 75.3 Å². The quantitative estimate of drug-likeness (QED) is 0.439. The number of hydrogen-bond donors (Lipinski definition) is 0. The molecule has 0 N–H and O–H groups in total. The second-order valence-electron chi connectivity index (χ2n) is 6.62. The number of benzene rings is 1. The summed E-state index contributed by atoms with van der Waals surface area (Å²) in [6, 6.07) is 10.3. The molecule has 1 saturated carbocycles. The Balaban J connectivity index is 1.64. The molecule has 0 unspecified atom stereocenters. The van der Waals surface area contributed by atoms with Crippen LogP contribution < -0.4 is 0 Å². The first kappa shape index (κ1) is 17.6. The fourth-order valence-corrected chi connectivity index (χ4v) is 3.38. The summed E-state index contributed by atoms with van der Waals surface area (Å²) in [5.74, 6) is 1.49. The minimum atomic E-state index is 0.675. The molecule has 0 aromatic heterocycles. The zero-order chi connectivity index (χ0) is 16.3. The van der Waals surface area contributed by atoms with Gasteiger partial charge in [0.25, 0.3) is 0 Å². The first-order chi connectivity index (χ1) is 11.3. The van der Waals surface area contributed by atoms with E-state index in [1.165, 1.54) is 50.5 Å².